The lowest BCUT2D eigenvalue weighted by molar-refractivity contribution is -0.0396. The van der Waals surface area contributed by atoms with Gasteiger partial charge >= 0.3 is 0 Å². The third-order valence-electron chi connectivity index (χ3n) is 6.48. The Morgan fingerprint density at radius 3 is 2.65 bits per heavy atom. The van der Waals surface area contributed by atoms with Crippen LogP contribution in [0, 0.1) is 12.7 Å². The van der Waals surface area contributed by atoms with Crippen molar-refractivity contribution >= 4 is 5.91 Å². The molecule has 1 atom stereocenters. The number of piperidine rings is 1. The van der Waals surface area contributed by atoms with Crippen molar-refractivity contribution in [1.82, 2.24) is 15.2 Å². The van der Waals surface area contributed by atoms with Crippen LogP contribution in [0.15, 0.2) is 53.2 Å². The Morgan fingerprint density at radius 2 is 1.91 bits per heavy atom. The number of nitrogens with zero attached hydrogens (tertiary/aromatic N) is 3. The fourth-order valence-electron chi connectivity index (χ4n) is 4.52. The van der Waals surface area contributed by atoms with E-state index in [1.54, 1.807) is 31.2 Å². The zero-order valence-corrected chi connectivity index (χ0v) is 18.9. The van der Waals surface area contributed by atoms with E-state index >= 15 is 0 Å². The number of aromatic nitrogens is 2. The minimum atomic E-state index is -0.297. The first-order chi connectivity index (χ1) is 16.5. The molecular weight excluding hydrogens is 441 g/mol. The predicted molar refractivity (Wildman–Crippen MR) is 119 cm³/mol. The monoisotopic (exact) mass is 467 g/mol. The van der Waals surface area contributed by atoms with Crippen LogP contribution < -0.4 is 9.47 Å². The molecule has 34 heavy (non-hydrogen) atoms. The molecule has 0 unspecified atom stereocenters. The summed E-state index contributed by atoms with van der Waals surface area (Å²) in [4.78, 5) is 15.1. The lowest BCUT2D eigenvalue weighted by Gasteiger charge is -2.38. The summed E-state index contributed by atoms with van der Waals surface area (Å²) < 4.78 is 35.8. The molecule has 1 aromatic heterocycles. The molecule has 2 aliphatic rings. The topological polar surface area (TPSA) is 86.9 Å². The fourth-order valence-corrected chi connectivity index (χ4v) is 4.52. The van der Waals surface area contributed by atoms with Crippen LogP contribution in [0.1, 0.15) is 41.0 Å². The van der Waals surface area contributed by atoms with Crippen molar-refractivity contribution in [3.8, 4) is 11.5 Å². The molecule has 3 aromatic rings. The average Bonchev–Trinajstić information content (AvgIpc) is 3.45. The highest BCUT2D eigenvalue weighted by atomic mass is 19.1. The molecule has 0 N–H and O–H groups in total. The van der Waals surface area contributed by atoms with Crippen LogP contribution in [0.2, 0.25) is 0 Å². The lowest BCUT2D eigenvalue weighted by Crippen LogP contribution is -2.46. The van der Waals surface area contributed by atoms with Gasteiger partial charge in [0.05, 0.1) is 17.8 Å². The Kier molecular flexibility index (Phi) is 6.19. The third kappa shape index (κ3) is 4.75. The van der Waals surface area contributed by atoms with Gasteiger partial charge in [0.15, 0.2) is 0 Å². The van der Waals surface area contributed by atoms with E-state index < -0.39 is 0 Å². The largest absolute Gasteiger partial charge is 0.488 e. The summed E-state index contributed by atoms with van der Waals surface area (Å²) >= 11 is 0. The summed E-state index contributed by atoms with van der Waals surface area (Å²) in [6.45, 7) is 3.62. The first-order valence-corrected chi connectivity index (χ1v) is 11.4. The standard InChI is InChI=1S/C25H26FN3O5/c1-17-22(28-34-27-17)16-31-23-5-3-2-4-21(23)24(30)29-12-10-25(11-13-29)14-20(15-32-25)33-19-8-6-18(26)7-9-19/h2-9,20H,10-16H2,1H3/t20-/m1/s1. The van der Waals surface area contributed by atoms with Gasteiger partial charge in [0.1, 0.15) is 41.4 Å². The molecule has 2 aromatic carbocycles. The summed E-state index contributed by atoms with van der Waals surface area (Å²) in [6.07, 6.45) is 2.12. The van der Waals surface area contributed by atoms with Crippen molar-refractivity contribution in [3.63, 3.8) is 0 Å². The quantitative estimate of drug-likeness (QED) is 0.543. The maximum atomic E-state index is 13.3. The van der Waals surface area contributed by atoms with Crippen LogP contribution >= 0.6 is 0 Å². The van der Waals surface area contributed by atoms with Crippen molar-refractivity contribution < 1.29 is 28.0 Å². The Bertz CT molecular complexity index is 1140. The number of para-hydroxylation sites is 1. The molecule has 5 rings (SSSR count). The summed E-state index contributed by atoms with van der Waals surface area (Å²) in [5.41, 5.74) is 1.47. The van der Waals surface area contributed by atoms with Crippen LogP contribution in [-0.4, -0.2) is 52.5 Å². The van der Waals surface area contributed by atoms with Crippen molar-refractivity contribution in [1.29, 1.82) is 0 Å². The smallest absolute Gasteiger partial charge is 0.257 e. The van der Waals surface area contributed by atoms with E-state index in [9.17, 15) is 9.18 Å². The molecule has 178 valence electrons. The fraction of sp³-hybridized carbons (Fsp3) is 0.400. The Hall–Kier alpha value is -3.46. The molecule has 0 saturated carbocycles. The summed E-state index contributed by atoms with van der Waals surface area (Å²) in [5.74, 6) is 0.770. The number of hydrogen-bond donors (Lipinski definition) is 0. The highest BCUT2D eigenvalue weighted by Gasteiger charge is 2.44. The minimum Gasteiger partial charge on any atom is -0.488 e. The van der Waals surface area contributed by atoms with Crippen molar-refractivity contribution in [3.05, 3.63) is 71.3 Å². The van der Waals surface area contributed by atoms with Crippen LogP contribution in [0.5, 0.6) is 11.5 Å². The maximum absolute atomic E-state index is 13.3. The zero-order valence-electron chi connectivity index (χ0n) is 18.9. The normalized spacial score (nSPS) is 19.4. The van der Waals surface area contributed by atoms with Crippen LogP contribution in [-0.2, 0) is 11.3 Å². The van der Waals surface area contributed by atoms with Gasteiger partial charge in [-0.25, -0.2) is 9.02 Å². The van der Waals surface area contributed by atoms with Gasteiger partial charge in [-0.05, 0) is 56.2 Å². The molecule has 2 fully saturated rings. The molecule has 0 aliphatic carbocycles. The summed E-state index contributed by atoms with van der Waals surface area (Å²) in [5, 5.41) is 7.57. The molecule has 3 heterocycles. The van der Waals surface area contributed by atoms with Crippen LogP contribution in [0.4, 0.5) is 4.39 Å². The number of ether oxygens (including phenoxy) is 3. The molecule has 8 nitrogen and oxygen atoms in total. The summed E-state index contributed by atoms with van der Waals surface area (Å²) in [7, 11) is 0. The van der Waals surface area contributed by atoms with Gasteiger partial charge in [-0.1, -0.05) is 22.4 Å². The number of aryl methyl sites for hydroxylation is 1. The number of halogens is 1. The zero-order chi connectivity index (χ0) is 23.5. The molecule has 2 aliphatic heterocycles. The van der Waals surface area contributed by atoms with Gasteiger partial charge in [-0.3, -0.25) is 4.79 Å². The maximum Gasteiger partial charge on any atom is 0.257 e. The molecular formula is C25H26FN3O5. The number of likely N-dealkylation sites (tertiary alicyclic amines) is 1. The number of rotatable bonds is 6. The lowest BCUT2D eigenvalue weighted by atomic mass is 9.87. The first kappa shape index (κ1) is 22.3. The molecule has 1 amide bonds. The summed E-state index contributed by atoms with van der Waals surface area (Å²) in [6, 6.07) is 13.2. The number of hydrogen-bond acceptors (Lipinski definition) is 7. The molecule has 0 bridgehead atoms. The van der Waals surface area contributed by atoms with Crippen molar-refractivity contribution in [2.24, 2.45) is 0 Å². The van der Waals surface area contributed by atoms with Gasteiger partial charge in [0.2, 0.25) is 0 Å². The second-order valence-electron chi connectivity index (χ2n) is 8.77. The van der Waals surface area contributed by atoms with E-state index in [4.69, 9.17) is 18.8 Å². The van der Waals surface area contributed by atoms with Gasteiger partial charge < -0.3 is 19.1 Å². The van der Waals surface area contributed by atoms with E-state index in [-0.39, 0.29) is 30.0 Å². The Labute approximate surface area is 196 Å². The Balaban J connectivity index is 1.18. The van der Waals surface area contributed by atoms with E-state index in [0.717, 1.165) is 19.3 Å². The number of amides is 1. The second-order valence-corrected chi connectivity index (χ2v) is 8.77. The van der Waals surface area contributed by atoms with Gasteiger partial charge in [-0.2, -0.15) is 0 Å². The second kappa shape index (κ2) is 9.42. The van der Waals surface area contributed by atoms with Gasteiger partial charge in [0, 0.05) is 19.5 Å². The van der Waals surface area contributed by atoms with Crippen molar-refractivity contribution in [2.75, 3.05) is 19.7 Å². The molecule has 1 spiro atoms. The third-order valence-corrected chi connectivity index (χ3v) is 6.48. The van der Waals surface area contributed by atoms with E-state index in [2.05, 4.69) is 10.3 Å². The SMILES string of the molecule is Cc1nonc1COc1ccccc1C(=O)N1CCC2(CC1)C[C@@H](Oc1ccc(F)cc1)CO2. The number of benzene rings is 2. The molecule has 0 radical (unpaired) electrons. The average molecular weight is 467 g/mol. The van der Waals surface area contributed by atoms with E-state index in [1.807, 2.05) is 17.0 Å². The highest BCUT2D eigenvalue weighted by Crippen LogP contribution is 2.38. The molecule has 9 heteroatoms. The predicted octanol–water partition coefficient (Wildman–Crippen LogP) is 3.94. The van der Waals surface area contributed by atoms with Gasteiger partial charge in [-0.15, -0.1) is 0 Å². The van der Waals surface area contributed by atoms with Crippen molar-refractivity contribution in [2.45, 2.75) is 44.5 Å². The van der Waals surface area contributed by atoms with E-state index in [0.29, 0.717) is 48.1 Å². The molecule has 2 saturated heterocycles. The Morgan fingerprint density at radius 1 is 1.15 bits per heavy atom. The number of carbonyl (C=O) groups excluding carboxylic acids is 1. The minimum absolute atomic E-state index is 0.0717. The first-order valence-electron chi connectivity index (χ1n) is 11.4. The van der Waals surface area contributed by atoms with Crippen LogP contribution in [0.3, 0.4) is 0 Å². The number of carbonyl (C=O) groups is 1. The highest BCUT2D eigenvalue weighted by molar-refractivity contribution is 5.97. The van der Waals surface area contributed by atoms with Gasteiger partial charge in [0.25, 0.3) is 5.91 Å². The van der Waals surface area contributed by atoms with Crippen LogP contribution in [0.25, 0.3) is 0 Å². The van der Waals surface area contributed by atoms with E-state index in [1.165, 1.54) is 12.1 Å².